The average Bonchev–Trinajstić information content (AvgIpc) is 2.94. The van der Waals surface area contributed by atoms with Gasteiger partial charge >= 0.3 is 24.4 Å². The lowest BCUT2D eigenvalue weighted by molar-refractivity contribution is -0.148. The van der Waals surface area contributed by atoms with Crippen LogP contribution in [0.3, 0.4) is 0 Å². The van der Waals surface area contributed by atoms with Crippen LogP contribution in [-0.4, -0.2) is 63.0 Å². The number of carbonyl (C=O) groups is 4. The summed E-state index contributed by atoms with van der Waals surface area (Å²) < 4.78 is 36.1. The summed E-state index contributed by atoms with van der Waals surface area (Å²) in [5.74, 6) is -0.267. The zero-order valence-corrected chi connectivity index (χ0v) is 25.8. The third-order valence-corrected chi connectivity index (χ3v) is 6.19. The van der Waals surface area contributed by atoms with E-state index in [9.17, 15) is 19.2 Å². The van der Waals surface area contributed by atoms with Gasteiger partial charge in [-0.05, 0) is 55.2 Å². The standard InChI is InChI=1S/C30H47NO11/c1-8-20(5)16-38-29(34)41-25-11-10-23(15-26(25)42-30(35)39-17-21(6)9-2)14-24(31)27(32)37-18-22(7)40-28(33)36-13-12-19(3)4/h10-11,15,19-22,24H,8-9,12-14,16-18,31H2,1-7H3/t20?,21?,22-,24-/m0/s1. The van der Waals surface area contributed by atoms with E-state index in [0.29, 0.717) is 17.9 Å². The molecule has 0 aliphatic carbocycles. The van der Waals surface area contributed by atoms with Gasteiger partial charge in [-0.1, -0.05) is 60.5 Å². The third-order valence-electron chi connectivity index (χ3n) is 6.19. The number of carbonyl (C=O) groups excluding carboxylic acids is 4. The van der Waals surface area contributed by atoms with Gasteiger partial charge in [0, 0.05) is 0 Å². The highest BCUT2D eigenvalue weighted by Gasteiger charge is 2.22. The van der Waals surface area contributed by atoms with Crippen LogP contribution in [0.4, 0.5) is 14.4 Å². The van der Waals surface area contributed by atoms with Crippen molar-refractivity contribution in [1.82, 2.24) is 0 Å². The molecule has 0 saturated carbocycles. The average molecular weight is 598 g/mol. The molecule has 1 aromatic rings. The van der Waals surface area contributed by atoms with Crippen LogP contribution in [0.1, 0.15) is 73.3 Å². The van der Waals surface area contributed by atoms with Crippen LogP contribution in [0.2, 0.25) is 0 Å². The molecule has 0 amide bonds. The van der Waals surface area contributed by atoms with Crippen LogP contribution in [0, 0.1) is 17.8 Å². The smallest absolute Gasteiger partial charge is 0.461 e. The van der Waals surface area contributed by atoms with Gasteiger partial charge in [0.2, 0.25) is 0 Å². The molecule has 1 aromatic carbocycles. The lowest BCUT2D eigenvalue weighted by Crippen LogP contribution is -2.36. The minimum atomic E-state index is -1.09. The summed E-state index contributed by atoms with van der Waals surface area (Å²) in [5.41, 5.74) is 6.52. The predicted octanol–water partition coefficient (Wildman–Crippen LogP) is 5.81. The first-order valence-corrected chi connectivity index (χ1v) is 14.4. The third kappa shape index (κ3) is 15.5. The number of hydrogen-bond donors (Lipinski definition) is 1. The molecule has 42 heavy (non-hydrogen) atoms. The van der Waals surface area contributed by atoms with E-state index in [2.05, 4.69) is 0 Å². The van der Waals surface area contributed by atoms with Crippen LogP contribution in [0.5, 0.6) is 11.5 Å². The Labute approximate surface area is 248 Å². The van der Waals surface area contributed by atoms with Gasteiger partial charge < -0.3 is 38.9 Å². The molecule has 1 rings (SSSR count). The Morgan fingerprint density at radius 2 is 1.31 bits per heavy atom. The molecule has 0 fully saturated rings. The minimum Gasteiger partial charge on any atom is -0.461 e. The Morgan fingerprint density at radius 3 is 1.86 bits per heavy atom. The molecule has 4 atom stereocenters. The number of ether oxygens (including phenoxy) is 7. The SMILES string of the molecule is CCC(C)COC(=O)Oc1ccc(C[C@H](N)C(=O)OC[C@H](C)OC(=O)OCCC(C)C)cc1OC(=O)OCC(C)CC. The Balaban J connectivity index is 2.81. The molecule has 2 N–H and O–H groups in total. The maximum Gasteiger partial charge on any atom is 0.513 e. The van der Waals surface area contributed by atoms with Gasteiger partial charge in [0.15, 0.2) is 11.5 Å². The van der Waals surface area contributed by atoms with Crippen LogP contribution < -0.4 is 15.2 Å². The summed E-state index contributed by atoms with van der Waals surface area (Å²) in [6.07, 6.45) is -1.20. The number of esters is 1. The molecular formula is C30H47NO11. The molecule has 0 aliphatic rings. The minimum absolute atomic E-state index is 0.00231. The molecule has 12 heteroatoms. The molecule has 0 spiro atoms. The molecule has 238 valence electrons. The van der Waals surface area contributed by atoms with Gasteiger partial charge in [0.25, 0.3) is 0 Å². The van der Waals surface area contributed by atoms with E-state index in [1.54, 1.807) is 13.0 Å². The van der Waals surface area contributed by atoms with Gasteiger partial charge in [-0.2, -0.15) is 0 Å². The Hall–Kier alpha value is -3.54. The van der Waals surface area contributed by atoms with Crippen LogP contribution >= 0.6 is 0 Å². The van der Waals surface area contributed by atoms with Gasteiger partial charge in [0.05, 0.1) is 19.8 Å². The lowest BCUT2D eigenvalue weighted by atomic mass is 10.1. The van der Waals surface area contributed by atoms with Crippen molar-refractivity contribution >= 4 is 24.4 Å². The van der Waals surface area contributed by atoms with E-state index in [1.807, 2.05) is 41.5 Å². The van der Waals surface area contributed by atoms with E-state index in [-0.39, 0.29) is 56.2 Å². The summed E-state index contributed by atoms with van der Waals surface area (Å²) >= 11 is 0. The van der Waals surface area contributed by atoms with Crippen molar-refractivity contribution in [3.8, 4) is 11.5 Å². The second-order valence-electron chi connectivity index (χ2n) is 10.8. The molecule has 0 aromatic heterocycles. The number of benzene rings is 1. The number of hydrogen-bond acceptors (Lipinski definition) is 12. The molecule has 0 radical (unpaired) electrons. The van der Waals surface area contributed by atoms with Crippen molar-refractivity contribution in [3.63, 3.8) is 0 Å². The van der Waals surface area contributed by atoms with Gasteiger partial charge in [-0.25, -0.2) is 14.4 Å². The first kappa shape index (κ1) is 36.5. The van der Waals surface area contributed by atoms with Crippen molar-refractivity contribution in [2.45, 2.75) is 86.3 Å². The summed E-state index contributed by atoms with van der Waals surface area (Å²) in [6.45, 7) is 13.7. The number of rotatable bonds is 17. The summed E-state index contributed by atoms with van der Waals surface area (Å²) in [4.78, 5) is 48.7. The fourth-order valence-corrected chi connectivity index (χ4v) is 2.99. The highest BCUT2D eigenvalue weighted by atomic mass is 16.7. The topological polar surface area (TPSA) is 159 Å². The molecule has 0 aliphatic heterocycles. The maximum atomic E-state index is 12.5. The zero-order valence-electron chi connectivity index (χ0n) is 25.8. The molecule has 0 heterocycles. The number of nitrogens with two attached hydrogens (primary N) is 1. The normalized spacial score (nSPS) is 13.7. The van der Waals surface area contributed by atoms with Crippen molar-refractivity contribution < 1.29 is 52.3 Å². The first-order valence-electron chi connectivity index (χ1n) is 14.4. The van der Waals surface area contributed by atoms with E-state index in [0.717, 1.165) is 12.8 Å². The Bertz CT molecular complexity index is 997. The molecule has 12 nitrogen and oxygen atoms in total. The van der Waals surface area contributed by atoms with Crippen molar-refractivity contribution in [2.75, 3.05) is 26.4 Å². The summed E-state index contributed by atoms with van der Waals surface area (Å²) in [5, 5.41) is 0. The van der Waals surface area contributed by atoms with Gasteiger partial charge in [0.1, 0.15) is 18.8 Å². The highest BCUT2D eigenvalue weighted by molar-refractivity contribution is 5.76. The van der Waals surface area contributed by atoms with Crippen LogP contribution in [0.25, 0.3) is 0 Å². The van der Waals surface area contributed by atoms with Gasteiger partial charge in [-0.15, -0.1) is 0 Å². The van der Waals surface area contributed by atoms with Crippen molar-refractivity contribution in [2.24, 2.45) is 23.5 Å². The summed E-state index contributed by atoms with van der Waals surface area (Å²) in [6, 6.07) is 3.28. The van der Waals surface area contributed by atoms with Crippen molar-refractivity contribution in [1.29, 1.82) is 0 Å². The van der Waals surface area contributed by atoms with E-state index in [1.165, 1.54) is 12.1 Å². The predicted molar refractivity (Wildman–Crippen MR) is 153 cm³/mol. The maximum absolute atomic E-state index is 12.5. The molecule has 2 unspecified atom stereocenters. The molecular weight excluding hydrogens is 550 g/mol. The monoisotopic (exact) mass is 597 g/mol. The van der Waals surface area contributed by atoms with Gasteiger partial charge in [-0.3, -0.25) is 4.79 Å². The molecule has 0 saturated heterocycles. The fourth-order valence-electron chi connectivity index (χ4n) is 2.99. The highest BCUT2D eigenvalue weighted by Crippen LogP contribution is 2.30. The Morgan fingerprint density at radius 1 is 0.738 bits per heavy atom. The van der Waals surface area contributed by atoms with Crippen LogP contribution in [0.15, 0.2) is 18.2 Å². The van der Waals surface area contributed by atoms with E-state index >= 15 is 0 Å². The zero-order chi connectivity index (χ0) is 31.7. The van der Waals surface area contributed by atoms with E-state index < -0.39 is 36.6 Å². The van der Waals surface area contributed by atoms with Crippen LogP contribution in [-0.2, 0) is 34.9 Å². The quantitative estimate of drug-likeness (QED) is 0.131. The largest absolute Gasteiger partial charge is 0.513 e. The Kier molecular flexibility index (Phi) is 17.0. The second kappa shape index (κ2) is 19.6. The lowest BCUT2D eigenvalue weighted by Gasteiger charge is -2.17. The molecule has 0 bridgehead atoms. The first-order chi connectivity index (χ1) is 19.8. The summed E-state index contributed by atoms with van der Waals surface area (Å²) in [7, 11) is 0. The fraction of sp³-hybridized carbons (Fsp3) is 0.667. The van der Waals surface area contributed by atoms with E-state index in [4.69, 9.17) is 38.9 Å². The second-order valence-corrected chi connectivity index (χ2v) is 10.8. The van der Waals surface area contributed by atoms with Crippen molar-refractivity contribution in [3.05, 3.63) is 23.8 Å².